The topological polar surface area (TPSA) is 39.9 Å². The first kappa shape index (κ1) is 16.2. The van der Waals surface area contributed by atoms with Gasteiger partial charge in [-0.2, -0.15) is 5.10 Å². The molecule has 4 heteroatoms. The van der Waals surface area contributed by atoms with Crippen LogP contribution in [-0.2, 0) is 6.54 Å². The first-order valence-electron chi connectivity index (χ1n) is 8.30. The molecule has 0 bridgehead atoms. The molecule has 0 radical (unpaired) electrons. The third-order valence-corrected chi connectivity index (χ3v) is 4.07. The summed E-state index contributed by atoms with van der Waals surface area (Å²) in [6, 6.07) is 16.4. The van der Waals surface area contributed by atoms with Crippen LogP contribution in [-0.4, -0.2) is 21.4 Å². The zero-order valence-corrected chi connectivity index (χ0v) is 14.5. The van der Waals surface area contributed by atoms with E-state index in [0.29, 0.717) is 6.61 Å². The normalized spacial score (nSPS) is 10.8. The van der Waals surface area contributed by atoms with E-state index in [1.807, 2.05) is 35.9 Å². The maximum atomic E-state index is 5.85. The van der Waals surface area contributed by atoms with Crippen molar-refractivity contribution in [3.8, 4) is 17.1 Å². The first-order valence-corrected chi connectivity index (χ1v) is 8.30. The summed E-state index contributed by atoms with van der Waals surface area (Å²) < 4.78 is 7.82. The van der Waals surface area contributed by atoms with E-state index in [4.69, 9.17) is 4.74 Å². The highest BCUT2D eigenvalue weighted by molar-refractivity contribution is 5.54. The van der Waals surface area contributed by atoms with E-state index in [0.717, 1.165) is 35.9 Å². The van der Waals surface area contributed by atoms with E-state index in [2.05, 4.69) is 48.2 Å². The maximum absolute atomic E-state index is 5.85. The van der Waals surface area contributed by atoms with Crippen molar-refractivity contribution in [1.29, 1.82) is 0 Å². The molecule has 3 aromatic rings. The summed E-state index contributed by atoms with van der Waals surface area (Å²) in [5.41, 5.74) is 3.63. The van der Waals surface area contributed by atoms with Crippen molar-refractivity contribution in [3.63, 3.8) is 0 Å². The van der Waals surface area contributed by atoms with Crippen molar-refractivity contribution < 1.29 is 4.74 Å². The summed E-state index contributed by atoms with van der Waals surface area (Å²) in [5, 5.41) is 4.51. The van der Waals surface area contributed by atoms with Crippen molar-refractivity contribution in [2.45, 2.75) is 33.7 Å². The molecular weight excluding hydrogens is 298 g/mol. The second-order valence-corrected chi connectivity index (χ2v) is 6.02. The van der Waals surface area contributed by atoms with E-state index in [9.17, 15) is 0 Å². The zero-order valence-electron chi connectivity index (χ0n) is 14.5. The lowest BCUT2D eigenvalue weighted by molar-refractivity contribution is 0.298. The Kier molecular flexibility index (Phi) is 4.94. The molecule has 0 N–H and O–H groups in total. The zero-order chi connectivity index (χ0) is 16.9. The van der Waals surface area contributed by atoms with Gasteiger partial charge in [0, 0.05) is 18.5 Å². The van der Waals surface area contributed by atoms with E-state index < -0.39 is 0 Å². The highest BCUT2D eigenvalue weighted by atomic mass is 16.5. The Bertz CT molecular complexity index is 809. The van der Waals surface area contributed by atoms with Crippen LogP contribution in [0.1, 0.15) is 23.4 Å². The van der Waals surface area contributed by atoms with Crippen LogP contribution in [0.2, 0.25) is 0 Å². The number of aryl methyl sites for hydroxylation is 4. The average Bonchev–Trinajstić information content (AvgIpc) is 2.96. The molecule has 1 aromatic heterocycles. The van der Waals surface area contributed by atoms with Crippen LogP contribution in [0.15, 0.2) is 48.5 Å². The smallest absolute Gasteiger partial charge is 0.158 e. The molecule has 2 aromatic carbocycles. The number of ether oxygens (including phenoxy) is 1. The minimum atomic E-state index is 0.662. The predicted molar refractivity (Wildman–Crippen MR) is 96.2 cm³/mol. The van der Waals surface area contributed by atoms with E-state index in [1.54, 1.807) is 0 Å². The lowest BCUT2D eigenvalue weighted by atomic mass is 10.1. The fourth-order valence-electron chi connectivity index (χ4n) is 2.62. The van der Waals surface area contributed by atoms with Gasteiger partial charge < -0.3 is 4.74 Å². The largest absolute Gasteiger partial charge is 0.494 e. The van der Waals surface area contributed by atoms with E-state index >= 15 is 0 Å². The van der Waals surface area contributed by atoms with Gasteiger partial charge in [-0.15, -0.1) is 0 Å². The van der Waals surface area contributed by atoms with Gasteiger partial charge in [-0.3, -0.25) is 0 Å². The molecule has 124 valence electrons. The minimum absolute atomic E-state index is 0.662. The summed E-state index contributed by atoms with van der Waals surface area (Å²) in [6.07, 6.45) is 0.884. The van der Waals surface area contributed by atoms with Gasteiger partial charge in [0.1, 0.15) is 11.6 Å². The number of nitrogens with zero attached hydrogens (tertiary/aromatic N) is 3. The van der Waals surface area contributed by atoms with Gasteiger partial charge in [0.05, 0.1) is 6.61 Å². The Morgan fingerprint density at radius 3 is 2.50 bits per heavy atom. The fraction of sp³-hybridized carbons (Fsp3) is 0.300. The summed E-state index contributed by atoms with van der Waals surface area (Å²) in [7, 11) is 0. The van der Waals surface area contributed by atoms with Crippen LogP contribution >= 0.6 is 0 Å². The Hall–Kier alpha value is -2.62. The van der Waals surface area contributed by atoms with Gasteiger partial charge in [0.25, 0.3) is 0 Å². The Morgan fingerprint density at radius 1 is 0.958 bits per heavy atom. The lowest BCUT2D eigenvalue weighted by Crippen LogP contribution is -2.07. The number of rotatable bonds is 6. The molecule has 0 atom stereocenters. The van der Waals surface area contributed by atoms with Crippen LogP contribution in [0.25, 0.3) is 11.4 Å². The lowest BCUT2D eigenvalue weighted by Gasteiger charge is -2.09. The van der Waals surface area contributed by atoms with E-state index in [-0.39, 0.29) is 0 Å². The molecule has 0 amide bonds. The molecule has 0 unspecified atom stereocenters. The maximum Gasteiger partial charge on any atom is 0.158 e. The summed E-state index contributed by atoms with van der Waals surface area (Å²) in [5.74, 6) is 2.64. The molecule has 0 saturated carbocycles. The average molecular weight is 321 g/mol. The molecule has 0 aliphatic heterocycles. The van der Waals surface area contributed by atoms with Crippen molar-refractivity contribution >= 4 is 0 Å². The SMILES string of the molecule is Cc1nc(-c2ccccc2)n(CCCOc2ccc(C)c(C)c2)n1. The second-order valence-electron chi connectivity index (χ2n) is 6.02. The van der Waals surface area contributed by atoms with Crippen molar-refractivity contribution in [1.82, 2.24) is 14.8 Å². The van der Waals surface area contributed by atoms with Crippen molar-refractivity contribution in [2.24, 2.45) is 0 Å². The number of hydrogen-bond acceptors (Lipinski definition) is 3. The van der Waals surface area contributed by atoms with Crippen LogP contribution in [0.3, 0.4) is 0 Å². The van der Waals surface area contributed by atoms with Crippen LogP contribution in [0.4, 0.5) is 0 Å². The van der Waals surface area contributed by atoms with Gasteiger partial charge in [-0.05, 0) is 44.0 Å². The monoisotopic (exact) mass is 321 g/mol. The Labute approximate surface area is 143 Å². The highest BCUT2D eigenvalue weighted by Gasteiger charge is 2.09. The third-order valence-electron chi connectivity index (χ3n) is 4.07. The quantitative estimate of drug-likeness (QED) is 0.634. The Balaban J connectivity index is 1.60. The highest BCUT2D eigenvalue weighted by Crippen LogP contribution is 2.18. The molecule has 24 heavy (non-hydrogen) atoms. The first-order chi connectivity index (χ1) is 11.6. The van der Waals surface area contributed by atoms with Gasteiger partial charge in [0.2, 0.25) is 0 Å². The van der Waals surface area contributed by atoms with Crippen LogP contribution in [0, 0.1) is 20.8 Å². The van der Waals surface area contributed by atoms with Crippen molar-refractivity contribution in [3.05, 3.63) is 65.5 Å². The molecule has 3 rings (SSSR count). The predicted octanol–water partition coefficient (Wildman–Crippen LogP) is 4.34. The molecule has 0 saturated heterocycles. The molecule has 0 spiro atoms. The van der Waals surface area contributed by atoms with Crippen molar-refractivity contribution in [2.75, 3.05) is 6.61 Å². The Morgan fingerprint density at radius 2 is 1.75 bits per heavy atom. The van der Waals surface area contributed by atoms with Crippen LogP contribution in [0.5, 0.6) is 5.75 Å². The molecule has 1 heterocycles. The van der Waals surface area contributed by atoms with Crippen LogP contribution < -0.4 is 4.74 Å². The number of aromatic nitrogens is 3. The number of benzene rings is 2. The summed E-state index contributed by atoms with van der Waals surface area (Å²) >= 11 is 0. The third kappa shape index (κ3) is 3.82. The second kappa shape index (κ2) is 7.30. The molecule has 4 nitrogen and oxygen atoms in total. The van der Waals surface area contributed by atoms with Gasteiger partial charge in [-0.25, -0.2) is 9.67 Å². The summed E-state index contributed by atoms with van der Waals surface area (Å²) in [6.45, 7) is 7.59. The molecule has 0 aliphatic rings. The standard InChI is InChI=1S/C20H23N3O/c1-15-10-11-19(14-16(15)2)24-13-7-12-23-20(21-17(3)22-23)18-8-5-4-6-9-18/h4-6,8-11,14H,7,12-13H2,1-3H3. The molecular formula is C20H23N3O. The fourth-order valence-corrected chi connectivity index (χ4v) is 2.62. The van der Waals surface area contributed by atoms with E-state index in [1.165, 1.54) is 11.1 Å². The van der Waals surface area contributed by atoms with Gasteiger partial charge in [0.15, 0.2) is 5.82 Å². The minimum Gasteiger partial charge on any atom is -0.494 e. The van der Waals surface area contributed by atoms with Gasteiger partial charge in [-0.1, -0.05) is 36.4 Å². The number of hydrogen-bond donors (Lipinski definition) is 0. The van der Waals surface area contributed by atoms with Gasteiger partial charge >= 0.3 is 0 Å². The summed E-state index contributed by atoms with van der Waals surface area (Å²) in [4.78, 5) is 4.55. The molecule has 0 aliphatic carbocycles. The molecule has 0 fully saturated rings.